The van der Waals surface area contributed by atoms with Crippen LogP contribution in [-0.4, -0.2) is 37.2 Å². The molecule has 1 aliphatic heterocycles. The van der Waals surface area contributed by atoms with Gasteiger partial charge in [-0.1, -0.05) is 6.42 Å². The molecule has 0 N–H and O–H groups in total. The Balaban J connectivity index is 2.06. The molecule has 1 saturated carbocycles. The summed E-state index contributed by atoms with van der Waals surface area (Å²) in [7, 11) is 1.84. The largest absolute Gasteiger partial charge is 0.384 e. The molecule has 0 aromatic heterocycles. The minimum absolute atomic E-state index is 0.324. The first-order valence-corrected chi connectivity index (χ1v) is 6.22. The highest BCUT2D eigenvalue weighted by molar-refractivity contribution is 5.03. The van der Waals surface area contributed by atoms with Crippen LogP contribution in [0.3, 0.4) is 0 Å². The number of likely N-dealkylation sites (tertiary alicyclic amines) is 1. The summed E-state index contributed by atoms with van der Waals surface area (Å²) >= 11 is 0. The average molecular weight is 211 g/mol. The Hall–Kier alpha value is -0.0800. The van der Waals surface area contributed by atoms with Gasteiger partial charge in [0.1, 0.15) is 0 Å². The van der Waals surface area contributed by atoms with Gasteiger partial charge < -0.3 is 4.74 Å². The SMILES string of the molecule is COCC1CN(C(C)(C)C)CC12CCC2. The summed E-state index contributed by atoms with van der Waals surface area (Å²) in [5.74, 6) is 0.774. The van der Waals surface area contributed by atoms with Gasteiger partial charge in [-0.2, -0.15) is 0 Å². The summed E-state index contributed by atoms with van der Waals surface area (Å²) in [6.07, 6.45) is 4.28. The second-order valence-electron chi connectivity index (χ2n) is 6.42. The lowest BCUT2D eigenvalue weighted by molar-refractivity contribution is 0.0349. The van der Waals surface area contributed by atoms with E-state index in [1.165, 1.54) is 32.4 Å². The molecule has 0 bridgehead atoms. The molecular weight excluding hydrogens is 186 g/mol. The Morgan fingerprint density at radius 1 is 1.33 bits per heavy atom. The number of ether oxygens (including phenoxy) is 1. The standard InChI is InChI=1S/C13H25NO/c1-12(2,3)14-8-11(9-15-4)13(10-14)6-5-7-13/h11H,5-10H2,1-4H3. The number of methoxy groups -OCH3 is 1. The van der Waals surface area contributed by atoms with E-state index < -0.39 is 0 Å². The third kappa shape index (κ3) is 1.94. The predicted molar refractivity (Wildman–Crippen MR) is 63.0 cm³/mol. The minimum Gasteiger partial charge on any atom is -0.384 e. The predicted octanol–water partition coefficient (Wildman–Crippen LogP) is 2.53. The van der Waals surface area contributed by atoms with Gasteiger partial charge in [0.15, 0.2) is 0 Å². The Morgan fingerprint density at radius 3 is 2.40 bits per heavy atom. The van der Waals surface area contributed by atoms with Crippen molar-refractivity contribution in [3.63, 3.8) is 0 Å². The summed E-state index contributed by atoms with van der Waals surface area (Å²) < 4.78 is 5.39. The molecule has 2 aliphatic rings. The molecule has 1 unspecified atom stereocenters. The van der Waals surface area contributed by atoms with E-state index in [4.69, 9.17) is 4.74 Å². The highest BCUT2D eigenvalue weighted by Crippen LogP contribution is 2.52. The smallest absolute Gasteiger partial charge is 0.0508 e. The maximum Gasteiger partial charge on any atom is 0.0508 e. The first-order valence-electron chi connectivity index (χ1n) is 6.22. The minimum atomic E-state index is 0.324. The van der Waals surface area contributed by atoms with Crippen molar-refractivity contribution in [1.82, 2.24) is 4.90 Å². The lowest BCUT2D eigenvalue weighted by Gasteiger charge is -2.43. The lowest BCUT2D eigenvalue weighted by atomic mass is 9.63. The van der Waals surface area contributed by atoms with Gasteiger partial charge in [0.2, 0.25) is 0 Å². The molecule has 1 heterocycles. The number of nitrogens with zero attached hydrogens (tertiary/aromatic N) is 1. The fourth-order valence-corrected chi connectivity index (χ4v) is 3.17. The molecule has 1 saturated heterocycles. The monoisotopic (exact) mass is 211 g/mol. The lowest BCUT2D eigenvalue weighted by Crippen LogP contribution is -2.42. The zero-order valence-corrected chi connectivity index (χ0v) is 10.7. The average Bonchev–Trinajstić information content (AvgIpc) is 2.43. The third-order valence-electron chi connectivity index (χ3n) is 4.48. The Morgan fingerprint density at radius 2 is 2.00 bits per heavy atom. The molecule has 15 heavy (non-hydrogen) atoms. The molecule has 2 nitrogen and oxygen atoms in total. The van der Waals surface area contributed by atoms with Crippen molar-refractivity contribution < 1.29 is 4.74 Å². The van der Waals surface area contributed by atoms with E-state index in [-0.39, 0.29) is 0 Å². The van der Waals surface area contributed by atoms with Gasteiger partial charge in [-0.15, -0.1) is 0 Å². The van der Waals surface area contributed by atoms with E-state index in [1.807, 2.05) is 7.11 Å². The highest BCUT2D eigenvalue weighted by Gasteiger charge is 2.51. The van der Waals surface area contributed by atoms with Crippen LogP contribution in [0.5, 0.6) is 0 Å². The van der Waals surface area contributed by atoms with Gasteiger partial charge in [-0.3, -0.25) is 4.90 Å². The topological polar surface area (TPSA) is 12.5 Å². The van der Waals surface area contributed by atoms with Crippen LogP contribution in [0.2, 0.25) is 0 Å². The molecule has 0 amide bonds. The molecule has 1 atom stereocenters. The van der Waals surface area contributed by atoms with Crippen LogP contribution in [0.1, 0.15) is 40.0 Å². The molecule has 0 aromatic rings. The molecule has 88 valence electrons. The summed E-state index contributed by atoms with van der Waals surface area (Å²) in [4.78, 5) is 2.65. The number of hydrogen-bond acceptors (Lipinski definition) is 2. The second kappa shape index (κ2) is 3.74. The first-order chi connectivity index (χ1) is 6.98. The molecule has 2 heteroatoms. The number of hydrogen-bond donors (Lipinski definition) is 0. The van der Waals surface area contributed by atoms with Crippen LogP contribution in [0.15, 0.2) is 0 Å². The van der Waals surface area contributed by atoms with Crippen molar-refractivity contribution in [3.8, 4) is 0 Å². The van der Waals surface area contributed by atoms with E-state index in [9.17, 15) is 0 Å². The van der Waals surface area contributed by atoms with Gasteiger partial charge >= 0.3 is 0 Å². The van der Waals surface area contributed by atoms with Gasteiger partial charge in [-0.05, 0) is 39.0 Å². The van der Waals surface area contributed by atoms with Gasteiger partial charge in [-0.25, -0.2) is 0 Å². The Bertz CT molecular complexity index is 227. The first kappa shape index (κ1) is 11.4. The summed E-state index contributed by atoms with van der Waals surface area (Å²) in [5.41, 5.74) is 0.939. The number of rotatable bonds is 2. The van der Waals surface area contributed by atoms with Gasteiger partial charge in [0, 0.05) is 31.7 Å². The zero-order valence-electron chi connectivity index (χ0n) is 10.7. The quantitative estimate of drug-likeness (QED) is 0.696. The zero-order chi connectivity index (χ0) is 11.1. The third-order valence-corrected chi connectivity index (χ3v) is 4.48. The maximum absolute atomic E-state index is 5.39. The van der Waals surface area contributed by atoms with Crippen LogP contribution in [0.25, 0.3) is 0 Å². The molecule has 1 spiro atoms. The van der Waals surface area contributed by atoms with E-state index in [0.29, 0.717) is 11.0 Å². The van der Waals surface area contributed by atoms with Gasteiger partial charge in [0.05, 0.1) is 6.61 Å². The van der Waals surface area contributed by atoms with Crippen LogP contribution < -0.4 is 0 Å². The summed E-state index contributed by atoms with van der Waals surface area (Å²) in [6.45, 7) is 10.5. The van der Waals surface area contributed by atoms with E-state index in [2.05, 4.69) is 25.7 Å². The van der Waals surface area contributed by atoms with E-state index >= 15 is 0 Å². The molecule has 0 radical (unpaired) electrons. The second-order valence-corrected chi connectivity index (χ2v) is 6.42. The van der Waals surface area contributed by atoms with Gasteiger partial charge in [0.25, 0.3) is 0 Å². The summed E-state index contributed by atoms with van der Waals surface area (Å²) in [6, 6.07) is 0. The maximum atomic E-state index is 5.39. The van der Waals surface area contributed by atoms with Crippen LogP contribution in [-0.2, 0) is 4.74 Å². The Kier molecular flexibility index (Phi) is 2.85. The van der Waals surface area contributed by atoms with Crippen molar-refractivity contribution >= 4 is 0 Å². The fourth-order valence-electron chi connectivity index (χ4n) is 3.17. The van der Waals surface area contributed by atoms with Crippen molar-refractivity contribution in [2.75, 3.05) is 26.8 Å². The molecule has 0 aromatic carbocycles. The van der Waals surface area contributed by atoms with E-state index in [1.54, 1.807) is 0 Å². The molecule has 2 fully saturated rings. The molecule has 1 aliphatic carbocycles. The molecule has 2 rings (SSSR count). The fraction of sp³-hybridized carbons (Fsp3) is 1.00. The van der Waals surface area contributed by atoms with E-state index in [0.717, 1.165) is 12.5 Å². The normalized spacial score (nSPS) is 30.8. The van der Waals surface area contributed by atoms with Crippen LogP contribution in [0.4, 0.5) is 0 Å². The summed E-state index contributed by atoms with van der Waals surface area (Å²) in [5, 5.41) is 0. The van der Waals surface area contributed by atoms with Crippen LogP contribution in [0, 0.1) is 11.3 Å². The van der Waals surface area contributed by atoms with Crippen molar-refractivity contribution in [3.05, 3.63) is 0 Å². The molecular formula is C13H25NO. The van der Waals surface area contributed by atoms with Crippen molar-refractivity contribution in [1.29, 1.82) is 0 Å². The van der Waals surface area contributed by atoms with Crippen molar-refractivity contribution in [2.45, 2.75) is 45.6 Å². The van der Waals surface area contributed by atoms with Crippen molar-refractivity contribution in [2.24, 2.45) is 11.3 Å². The highest BCUT2D eigenvalue weighted by atomic mass is 16.5. The van der Waals surface area contributed by atoms with Crippen LogP contribution >= 0.6 is 0 Å². The Labute approximate surface area is 94.0 Å².